The Kier molecular flexibility index (Phi) is 7.41. The van der Waals surface area contributed by atoms with Gasteiger partial charge in [0.15, 0.2) is 5.11 Å². The van der Waals surface area contributed by atoms with Gasteiger partial charge >= 0.3 is 5.97 Å². The topological polar surface area (TPSA) is 59.6 Å². The van der Waals surface area contributed by atoms with Gasteiger partial charge in [0.05, 0.1) is 18.8 Å². The maximum atomic E-state index is 11.8. The first kappa shape index (κ1) is 19.7. The third kappa shape index (κ3) is 5.74. The monoisotopic (exact) mass is 372 g/mol. The summed E-state index contributed by atoms with van der Waals surface area (Å²) in [6.07, 6.45) is 0. The van der Waals surface area contributed by atoms with Crippen LogP contribution in [0.25, 0.3) is 0 Å². The van der Waals surface area contributed by atoms with E-state index >= 15 is 0 Å². The number of carbonyl (C=O) groups excluding carboxylic acids is 1. The predicted octanol–water partition coefficient (Wildman–Crippen LogP) is 4.06. The largest absolute Gasteiger partial charge is 0.494 e. The van der Waals surface area contributed by atoms with E-state index in [1.54, 1.807) is 19.1 Å². The second kappa shape index (κ2) is 9.77. The van der Waals surface area contributed by atoms with E-state index in [-0.39, 0.29) is 5.97 Å². The highest BCUT2D eigenvalue weighted by Crippen LogP contribution is 2.17. The van der Waals surface area contributed by atoms with Crippen molar-refractivity contribution in [3.63, 3.8) is 0 Å². The van der Waals surface area contributed by atoms with E-state index in [2.05, 4.69) is 10.6 Å². The summed E-state index contributed by atoms with van der Waals surface area (Å²) >= 11 is 5.36. The van der Waals surface area contributed by atoms with Crippen molar-refractivity contribution in [1.82, 2.24) is 5.32 Å². The molecule has 0 aliphatic rings. The summed E-state index contributed by atoms with van der Waals surface area (Å²) in [5, 5.41) is 6.84. The van der Waals surface area contributed by atoms with Gasteiger partial charge in [0.1, 0.15) is 5.75 Å². The molecular formula is C20H24N2O3S. The fourth-order valence-electron chi connectivity index (χ4n) is 2.41. The molecule has 0 radical (unpaired) electrons. The molecule has 0 aliphatic carbocycles. The number of hydrogen-bond donors (Lipinski definition) is 2. The van der Waals surface area contributed by atoms with Crippen molar-refractivity contribution < 1.29 is 14.3 Å². The van der Waals surface area contributed by atoms with Gasteiger partial charge in [0, 0.05) is 12.2 Å². The molecule has 2 aromatic rings. The molecule has 26 heavy (non-hydrogen) atoms. The standard InChI is InChI=1S/C20H24N2O3S/c1-4-24-17-8-6-7-15(12-17)13-21-20(26)22-18-10-9-16(11-14(18)3)19(23)25-5-2/h6-12H,4-5,13H2,1-3H3,(H2,21,22,26). The molecule has 0 atom stereocenters. The van der Waals surface area contributed by atoms with Crippen LogP contribution < -0.4 is 15.4 Å². The third-order valence-electron chi connectivity index (χ3n) is 3.65. The molecule has 0 heterocycles. The molecule has 0 aliphatic heterocycles. The minimum Gasteiger partial charge on any atom is -0.494 e. The minimum atomic E-state index is -0.322. The number of thiocarbonyl (C=S) groups is 1. The maximum absolute atomic E-state index is 11.8. The lowest BCUT2D eigenvalue weighted by Crippen LogP contribution is -2.28. The van der Waals surface area contributed by atoms with Crippen LogP contribution in [0.4, 0.5) is 5.69 Å². The smallest absolute Gasteiger partial charge is 0.338 e. The Hall–Kier alpha value is -2.60. The molecular weight excluding hydrogens is 348 g/mol. The highest BCUT2D eigenvalue weighted by atomic mass is 32.1. The van der Waals surface area contributed by atoms with Crippen molar-refractivity contribution in [1.29, 1.82) is 0 Å². The van der Waals surface area contributed by atoms with E-state index in [4.69, 9.17) is 21.7 Å². The number of benzene rings is 2. The van der Waals surface area contributed by atoms with Crippen molar-refractivity contribution in [2.45, 2.75) is 27.3 Å². The Bertz CT molecular complexity index is 777. The van der Waals surface area contributed by atoms with Crippen LogP contribution >= 0.6 is 12.2 Å². The molecule has 5 nitrogen and oxygen atoms in total. The number of ether oxygens (including phenoxy) is 2. The van der Waals surface area contributed by atoms with E-state index in [1.165, 1.54) is 0 Å². The maximum Gasteiger partial charge on any atom is 0.338 e. The predicted molar refractivity (Wildman–Crippen MR) is 108 cm³/mol. The summed E-state index contributed by atoms with van der Waals surface area (Å²) in [6.45, 7) is 7.24. The molecule has 0 amide bonds. The molecule has 2 aromatic carbocycles. The number of aryl methyl sites for hydroxylation is 1. The molecule has 2 rings (SSSR count). The summed E-state index contributed by atoms with van der Waals surface area (Å²) in [4.78, 5) is 11.8. The Morgan fingerprint density at radius 2 is 1.92 bits per heavy atom. The van der Waals surface area contributed by atoms with E-state index in [1.807, 2.05) is 44.2 Å². The molecule has 0 fully saturated rings. The quantitative estimate of drug-likeness (QED) is 0.565. The number of esters is 1. The van der Waals surface area contributed by atoms with Crippen LogP contribution in [0.3, 0.4) is 0 Å². The third-order valence-corrected chi connectivity index (χ3v) is 3.89. The van der Waals surface area contributed by atoms with Crippen LogP contribution in [-0.4, -0.2) is 24.3 Å². The van der Waals surface area contributed by atoms with Crippen molar-refractivity contribution in [2.24, 2.45) is 0 Å². The van der Waals surface area contributed by atoms with Crippen LogP contribution in [0.15, 0.2) is 42.5 Å². The van der Waals surface area contributed by atoms with Gasteiger partial charge in [0.25, 0.3) is 0 Å². The summed E-state index contributed by atoms with van der Waals surface area (Å²) in [5.41, 5.74) is 3.37. The van der Waals surface area contributed by atoms with E-state index in [9.17, 15) is 4.79 Å². The normalized spacial score (nSPS) is 10.1. The SMILES string of the molecule is CCOC(=O)c1ccc(NC(=S)NCc2cccc(OCC)c2)c(C)c1. The molecule has 0 bridgehead atoms. The van der Waals surface area contributed by atoms with Crippen LogP contribution in [-0.2, 0) is 11.3 Å². The molecule has 0 saturated carbocycles. The highest BCUT2D eigenvalue weighted by Gasteiger charge is 2.09. The fourth-order valence-corrected chi connectivity index (χ4v) is 2.59. The summed E-state index contributed by atoms with van der Waals surface area (Å²) < 4.78 is 10.5. The summed E-state index contributed by atoms with van der Waals surface area (Å²) in [7, 11) is 0. The number of anilines is 1. The second-order valence-corrected chi connectivity index (χ2v) is 6.05. The van der Waals surface area contributed by atoms with Gasteiger partial charge in [-0.25, -0.2) is 4.79 Å². The van der Waals surface area contributed by atoms with E-state index in [0.29, 0.717) is 30.4 Å². The Morgan fingerprint density at radius 1 is 1.12 bits per heavy atom. The van der Waals surface area contributed by atoms with Crippen molar-refractivity contribution in [2.75, 3.05) is 18.5 Å². The molecule has 2 N–H and O–H groups in total. The number of hydrogen-bond acceptors (Lipinski definition) is 4. The van der Waals surface area contributed by atoms with Crippen molar-refractivity contribution in [3.05, 3.63) is 59.2 Å². The van der Waals surface area contributed by atoms with Gasteiger partial charge < -0.3 is 20.1 Å². The Balaban J connectivity index is 1.93. The summed E-state index contributed by atoms with van der Waals surface area (Å²) in [6, 6.07) is 13.2. The lowest BCUT2D eigenvalue weighted by molar-refractivity contribution is 0.0526. The van der Waals surface area contributed by atoms with Crippen LogP contribution in [0, 0.1) is 6.92 Å². The van der Waals surface area contributed by atoms with Gasteiger partial charge in [0.2, 0.25) is 0 Å². The van der Waals surface area contributed by atoms with Crippen LogP contribution in [0.1, 0.15) is 35.3 Å². The molecule has 138 valence electrons. The zero-order chi connectivity index (χ0) is 18.9. The van der Waals surface area contributed by atoms with Gasteiger partial charge in [-0.15, -0.1) is 0 Å². The first-order chi connectivity index (χ1) is 12.5. The van der Waals surface area contributed by atoms with Gasteiger partial charge in [-0.2, -0.15) is 0 Å². The molecule has 0 spiro atoms. The lowest BCUT2D eigenvalue weighted by Gasteiger charge is -2.14. The molecule has 0 aromatic heterocycles. The van der Waals surface area contributed by atoms with Crippen molar-refractivity contribution >= 4 is 29.0 Å². The lowest BCUT2D eigenvalue weighted by atomic mass is 10.1. The Morgan fingerprint density at radius 3 is 2.62 bits per heavy atom. The number of carbonyl (C=O) groups is 1. The molecule has 0 unspecified atom stereocenters. The van der Waals surface area contributed by atoms with Gasteiger partial charge in [-0.3, -0.25) is 0 Å². The molecule has 0 saturated heterocycles. The number of rotatable bonds is 7. The second-order valence-electron chi connectivity index (χ2n) is 5.64. The average Bonchev–Trinajstić information content (AvgIpc) is 2.62. The molecule has 6 heteroatoms. The first-order valence-electron chi connectivity index (χ1n) is 8.57. The van der Waals surface area contributed by atoms with E-state index in [0.717, 1.165) is 22.6 Å². The average molecular weight is 372 g/mol. The van der Waals surface area contributed by atoms with Crippen LogP contribution in [0.2, 0.25) is 0 Å². The van der Waals surface area contributed by atoms with Gasteiger partial charge in [-0.1, -0.05) is 12.1 Å². The van der Waals surface area contributed by atoms with Crippen LogP contribution in [0.5, 0.6) is 5.75 Å². The fraction of sp³-hybridized carbons (Fsp3) is 0.300. The minimum absolute atomic E-state index is 0.322. The highest BCUT2D eigenvalue weighted by molar-refractivity contribution is 7.80. The zero-order valence-corrected chi connectivity index (χ0v) is 16.1. The first-order valence-corrected chi connectivity index (χ1v) is 8.98. The summed E-state index contributed by atoms with van der Waals surface area (Å²) in [5.74, 6) is 0.521. The number of nitrogens with one attached hydrogen (secondary N) is 2. The van der Waals surface area contributed by atoms with E-state index < -0.39 is 0 Å². The Labute approximate surface area is 159 Å². The zero-order valence-electron chi connectivity index (χ0n) is 15.3. The van der Waals surface area contributed by atoms with Gasteiger partial charge in [-0.05, 0) is 74.4 Å². The van der Waals surface area contributed by atoms with Crippen molar-refractivity contribution in [3.8, 4) is 5.75 Å².